The topological polar surface area (TPSA) is 0 Å². The molecule has 0 spiro atoms. The molecule has 0 N–H and O–H groups in total. The molecule has 1 radical (unpaired) electrons. The van der Waals surface area contributed by atoms with Gasteiger partial charge in [-0.05, 0) is 25.2 Å². The lowest BCUT2D eigenvalue weighted by Gasteiger charge is -2.26. The van der Waals surface area contributed by atoms with E-state index in [0.29, 0.717) is 5.92 Å². The Hall–Kier alpha value is -0.880. The number of terminal acetylenes is 1. The summed E-state index contributed by atoms with van der Waals surface area (Å²) in [6.07, 6.45) is 27.1. The van der Waals surface area contributed by atoms with Crippen molar-refractivity contribution >= 4 is 0 Å². The van der Waals surface area contributed by atoms with Gasteiger partial charge in [-0.1, -0.05) is 84.5 Å². The minimum Gasteiger partial charge on any atom is -0.120 e. The first-order valence-electron chi connectivity index (χ1n) is 9.13. The zero-order valence-electron chi connectivity index (χ0n) is 14.6. The van der Waals surface area contributed by atoms with Crippen molar-refractivity contribution in [3.8, 4) is 18.3 Å². The van der Waals surface area contributed by atoms with E-state index in [-0.39, 0.29) is 11.8 Å². The summed E-state index contributed by atoms with van der Waals surface area (Å²) < 4.78 is 0. The standard InChI is InChI=1S/C21H35/c1-6-11-13-14-16-18-20(9-4)21(10-5)19(8-3)17-15-12-7-2/h3,19-21H,6-7,9,11-18H2,1-2,4H3. The maximum absolute atomic E-state index is 7.71. The highest BCUT2D eigenvalue weighted by Gasteiger charge is 2.25. The van der Waals surface area contributed by atoms with Gasteiger partial charge in [0.05, 0.1) is 0 Å². The van der Waals surface area contributed by atoms with Crippen LogP contribution in [0.2, 0.25) is 0 Å². The smallest absolute Gasteiger partial charge is 0.0378 e. The van der Waals surface area contributed by atoms with E-state index < -0.39 is 0 Å². The summed E-state index contributed by atoms with van der Waals surface area (Å²) in [5, 5.41) is 0. The van der Waals surface area contributed by atoms with Crippen LogP contribution in [0.1, 0.15) is 91.4 Å². The van der Waals surface area contributed by atoms with E-state index in [1.165, 1.54) is 57.8 Å². The average Bonchev–Trinajstić information content (AvgIpc) is 2.51. The molecule has 0 fully saturated rings. The Labute approximate surface area is 134 Å². The number of unbranched alkanes of at least 4 members (excludes halogenated alkanes) is 6. The van der Waals surface area contributed by atoms with E-state index in [1.807, 2.05) is 0 Å². The number of rotatable bonds is 13. The van der Waals surface area contributed by atoms with Crippen molar-refractivity contribution in [1.29, 1.82) is 0 Å². The van der Waals surface area contributed by atoms with Gasteiger partial charge < -0.3 is 0 Å². The molecule has 0 saturated heterocycles. The molecule has 0 heteroatoms. The van der Waals surface area contributed by atoms with Crippen LogP contribution in [0.25, 0.3) is 0 Å². The maximum atomic E-state index is 7.71. The van der Waals surface area contributed by atoms with Crippen LogP contribution >= 0.6 is 0 Å². The first-order chi connectivity index (χ1) is 10.2. The van der Waals surface area contributed by atoms with Crippen LogP contribution in [-0.2, 0) is 0 Å². The van der Waals surface area contributed by atoms with E-state index in [0.717, 1.165) is 12.8 Å². The van der Waals surface area contributed by atoms with Gasteiger partial charge in [-0.15, -0.1) is 12.3 Å². The molecule has 119 valence electrons. The second-order valence-electron chi connectivity index (χ2n) is 6.31. The van der Waals surface area contributed by atoms with Crippen LogP contribution in [0.3, 0.4) is 0 Å². The molecule has 0 amide bonds. The van der Waals surface area contributed by atoms with Gasteiger partial charge in [-0.25, -0.2) is 0 Å². The monoisotopic (exact) mass is 287 g/mol. The minimum atomic E-state index is 0.169. The molecule has 0 saturated carbocycles. The highest BCUT2D eigenvalue weighted by molar-refractivity contribution is 5.06. The molecule has 0 aromatic carbocycles. The van der Waals surface area contributed by atoms with Crippen molar-refractivity contribution < 1.29 is 0 Å². The molecular formula is C21H35. The fourth-order valence-electron chi connectivity index (χ4n) is 3.18. The third-order valence-corrected chi connectivity index (χ3v) is 4.64. The summed E-state index contributed by atoms with van der Waals surface area (Å²) in [5.41, 5.74) is 0. The maximum Gasteiger partial charge on any atom is 0.0378 e. The summed E-state index contributed by atoms with van der Waals surface area (Å²) in [6.45, 7) is 6.71. The first kappa shape index (κ1) is 20.1. The summed E-state index contributed by atoms with van der Waals surface area (Å²) >= 11 is 0. The van der Waals surface area contributed by atoms with E-state index in [9.17, 15) is 0 Å². The molecule has 0 aromatic rings. The van der Waals surface area contributed by atoms with E-state index in [1.54, 1.807) is 0 Å². The SMILES string of the molecule is [C]#CC(C(C#C)CCCCC)C(CC)CCCCCCC. The van der Waals surface area contributed by atoms with E-state index in [4.69, 9.17) is 12.8 Å². The second kappa shape index (κ2) is 14.1. The highest BCUT2D eigenvalue weighted by atomic mass is 14.3. The van der Waals surface area contributed by atoms with Gasteiger partial charge in [0.1, 0.15) is 0 Å². The zero-order chi connectivity index (χ0) is 15.9. The Bertz CT molecular complexity index is 301. The predicted molar refractivity (Wildman–Crippen MR) is 94.2 cm³/mol. The summed E-state index contributed by atoms with van der Waals surface area (Å²) in [5.74, 6) is 6.68. The molecule has 0 nitrogen and oxygen atoms in total. The summed E-state index contributed by atoms with van der Waals surface area (Å²) in [7, 11) is 0. The van der Waals surface area contributed by atoms with Crippen molar-refractivity contribution in [1.82, 2.24) is 0 Å². The highest BCUT2D eigenvalue weighted by Crippen LogP contribution is 2.31. The van der Waals surface area contributed by atoms with Crippen LogP contribution in [0.4, 0.5) is 0 Å². The molecule has 0 aliphatic heterocycles. The lowest BCUT2D eigenvalue weighted by molar-refractivity contribution is 0.287. The van der Waals surface area contributed by atoms with Crippen LogP contribution < -0.4 is 0 Å². The summed E-state index contributed by atoms with van der Waals surface area (Å²) in [4.78, 5) is 0. The van der Waals surface area contributed by atoms with Gasteiger partial charge in [-0.2, -0.15) is 0 Å². The Balaban J connectivity index is 4.34. The predicted octanol–water partition coefficient (Wildman–Crippen LogP) is 6.41. The molecule has 0 aromatic heterocycles. The van der Waals surface area contributed by atoms with Gasteiger partial charge in [0.15, 0.2) is 0 Å². The molecule has 0 aliphatic carbocycles. The van der Waals surface area contributed by atoms with Crippen LogP contribution in [-0.4, -0.2) is 0 Å². The van der Waals surface area contributed by atoms with E-state index >= 15 is 0 Å². The minimum absolute atomic E-state index is 0.169. The normalized spacial score (nSPS) is 14.9. The molecule has 0 bridgehead atoms. The zero-order valence-corrected chi connectivity index (χ0v) is 14.6. The second-order valence-corrected chi connectivity index (χ2v) is 6.31. The van der Waals surface area contributed by atoms with Gasteiger partial charge >= 0.3 is 0 Å². The van der Waals surface area contributed by atoms with Gasteiger partial charge in [0.25, 0.3) is 0 Å². The van der Waals surface area contributed by atoms with E-state index in [2.05, 4.69) is 32.6 Å². The molecule has 0 rings (SSSR count). The third kappa shape index (κ3) is 8.88. The Morgan fingerprint density at radius 3 is 1.95 bits per heavy atom. The lowest BCUT2D eigenvalue weighted by Crippen LogP contribution is -2.21. The quantitative estimate of drug-likeness (QED) is 0.271. The lowest BCUT2D eigenvalue weighted by atomic mass is 9.76. The largest absolute Gasteiger partial charge is 0.120 e. The fourth-order valence-corrected chi connectivity index (χ4v) is 3.18. The van der Waals surface area contributed by atoms with Gasteiger partial charge in [0, 0.05) is 11.8 Å². The molecular weight excluding hydrogens is 252 g/mol. The van der Waals surface area contributed by atoms with Crippen molar-refractivity contribution in [3.63, 3.8) is 0 Å². The van der Waals surface area contributed by atoms with Crippen molar-refractivity contribution in [2.45, 2.75) is 91.4 Å². The molecule has 3 unspecified atom stereocenters. The van der Waals surface area contributed by atoms with Crippen LogP contribution in [0.15, 0.2) is 0 Å². The number of hydrogen-bond acceptors (Lipinski definition) is 0. The Morgan fingerprint density at radius 1 is 0.857 bits per heavy atom. The molecule has 3 atom stereocenters. The first-order valence-corrected chi connectivity index (χ1v) is 9.13. The Kier molecular flexibility index (Phi) is 13.5. The average molecular weight is 288 g/mol. The van der Waals surface area contributed by atoms with Gasteiger partial charge in [0.2, 0.25) is 0 Å². The fraction of sp³-hybridized carbons (Fsp3) is 0.810. The van der Waals surface area contributed by atoms with Gasteiger partial charge in [-0.3, -0.25) is 0 Å². The third-order valence-electron chi connectivity index (χ3n) is 4.64. The molecule has 0 heterocycles. The van der Waals surface area contributed by atoms with Crippen molar-refractivity contribution in [2.24, 2.45) is 17.8 Å². The Morgan fingerprint density at radius 2 is 1.43 bits per heavy atom. The number of hydrogen-bond donors (Lipinski definition) is 0. The van der Waals surface area contributed by atoms with Crippen LogP contribution in [0, 0.1) is 42.4 Å². The van der Waals surface area contributed by atoms with Crippen molar-refractivity contribution in [2.75, 3.05) is 0 Å². The van der Waals surface area contributed by atoms with Crippen molar-refractivity contribution in [3.05, 3.63) is 6.42 Å². The molecule has 0 aliphatic rings. The molecule has 21 heavy (non-hydrogen) atoms. The summed E-state index contributed by atoms with van der Waals surface area (Å²) in [6, 6.07) is 0. The van der Waals surface area contributed by atoms with Crippen LogP contribution in [0.5, 0.6) is 0 Å².